The summed E-state index contributed by atoms with van der Waals surface area (Å²) in [7, 11) is 0. The van der Waals surface area contributed by atoms with Gasteiger partial charge in [-0.1, -0.05) is 102 Å². The van der Waals surface area contributed by atoms with E-state index < -0.39 is 54.9 Å². The first-order chi connectivity index (χ1) is 36.1. The van der Waals surface area contributed by atoms with E-state index in [2.05, 4.69) is 39.2 Å². The van der Waals surface area contributed by atoms with Gasteiger partial charge in [-0.25, -0.2) is 0 Å². The fraction of sp³-hybridized carbons (Fsp3) is 0.103. The number of aromatic nitrogens is 3. The Morgan fingerprint density at radius 2 is 1.02 bits per heavy atom. The van der Waals surface area contributed by atoms with Gasteiger partial charge in [-0.05, 0) is 100 Å². The van der Waals surface area contributed by atoms with Gasteiger partial charge in [-0.15, -0.1) is 90.0 Å². The van der Waals surface area contributed by atoms with E-state index in [9.17, 15) is 21.7 Å². The van der Waals surface area contributed by atoms with Gasteiger partial charge in [0.2, 0.25) is 0 Å². The Kier molecular flexibility index (Phi) is 8.83. The number of fused-ring (bicyclic) bond motifs is 3. The number of nitrogens with zero attached hydrogens (tertiary/aromatic N) is 4. The molecule has 0 aliphatic heterocycles. The minimum Gasteiger partial charge on any atom is -0.500 e. The van der Waals surface area contributed by atoms with Gasteiger partial charge >= 0.3 is 20.1 Å². The fourth-order valence-electron chi connectivity index (χ4n) is 7.15. The van der Waals surface area contributed by atoms with Crippen LogP contribution in [0.2, 0.25) is 0 Å². The second-order valence-corrected chi connectivity index (χ2v) is 14.4. The molecule has 64 heavy (non-hydrogen) atoms. The van der Waals surface area contributed by atoms with Crippen LogP contribution in [-0.4, -0.2) is 15.0 Å². The predicted octanol–water partition coefficient (Wildman–Crippen LogP) is 13.1. The van der Waals surface area contributed by atoms with Gasteiger partial charge in [0.25, 0.3) is 0 Å². The van der Waals surface area contributed by atoms with Crippen LogP contribution >= 0.6 is 0 Å². The molecule has 0 fully saturated rings. The molecular weight excluding hydrogens is 961 g/mol. The van der Waals surface area contributed by atoms with Crippen molar-refractivity contribution in [3.05, 3.63) is 233 Å². The van der Waals surface area contributed by atoms with Crippen molar-refractivity contribution in [1.29, 1.82) is 5.26 Å². The van der Waals surface area contributed by atoms with E-state index in [1.54, 1.807) is 66.7 Å². The summed E-state index contributed by atoms with van der Waals surface area (Å²) in [6, 6.07) is 50.7. The van der Waals surface area contributed by atoms with Crippen LogP contribution in [0.5, 0.6) is 0 Å². The molecular formula is C58H41IrN4O. The summed E-state index contributed by atoms with van der Waals surface area (Å²) in [5.74, 6) is 0. The number of hydrogen-bond donors (Lipinski definition) is 0. The monoisotopic (exact) mass is 1020 g/mol. The Morgan fingerprint density at radius 1 is 0.516 bits per heavy atom. The molecule has 4 aromatic heterocycles. The summed E-state index contributed by atoms with van der Waals surface area (Å²) >= 11 is 0. The van der Waals surface area contributed by atoms with E-state index in [0.717, 1.165) is 24.4 Å². The van der Waals surface area contributed by atoms with Crippen LogP contribution in [0.3, 0.4) is 0 Å². The number of benzene rings is 6. The van der Waals surface area contributed by atoms with Gasteiger partial charge in [0.05, 0.1) is 18.6 Å². The van der Waals surface area contributed by atoms with Crippen molar-refractivity contribution < 1.29 is 42.3 Å². The summed E-state index contributed by atoms with van der Waals surface area (Å²) in [6.45, 7) is 0. The van der Waals surface area contributed by atoms with Crippen molar-refractivity contribution in [3.8, 4) is 51.0 Å². The summed E-state index contributed by atoms with van der Waals surface area (Å²) < 4.78 is 128. The molecule has 5 nitrogen and oxygen atoms in total. The van der Waals surface area contributed by atoms with Gasteiger partial charge in [0, 0.05) is 46.0 Å². The maximum absolute atomic E-state index is 10.1. The average Bonchev–Trinajstić information content (AvgIpc) is 3.85. The van der Waals surface area contributed by atoms with Crippen molar-refractivity contribution in [3.63, 3.8) is 0 Å². The van der Waals surface area contributed by atoms with Crippen molar-refractivity contribution >= 4 is 21.9 Å². The largest absolute Gasteiger partial charge is 3.00 e. The molecule has 0 amide bonds. The van der Waals surface area contributed by atoms with Crippen molar-refractivity contribution in [1.82, 2.24) is 15.0 Å². The van der Waals surface area contributed by atoms with E-state index in [1.807, 2.05) is 30.3 Å². The van der Waals surface area contributed by atoms with Crippen LogP contribution in [0.15, 0.2) is 181 Å². The molecule has 0 saturated heterocycles. The molecule has 0 atom stereocenters. The second kappa shape index (κ2) is 19.4. The van der Waals surface area contributed by atoms with Gasteiger partial charge in [0.15, 0.2) is 0 Å². The van der Waals surface area contributed by atoms with Crippen molar-refractivity contribution in [2.24, 2.45) is 0 Å². The maximum atomic E-state index is 10.1. The Bertz CT molecular complexity index is 3710. The zero-order chi connectivity index (χ0) is 54.0. The first-order valence-electron chi connectivity index (χ1n) is 26.5. The van der Waals surface area contributed by atoms with Gasteiger partial charge in [-0.3, -0.25) is 0 Å². The van der Waals surface area contributed by atoms with E-state index >= 15 is 0 Å². The number of pyridine rings is 3. The average molecular weight is 1020 g/mol. The molecule has 0 bridgehead atoms. The molecule has 0 aliphatic rings. The van der Waals surface area contributed by atoms with E-state index in [0.29, 0.717) is 61.1 Å². The topological polar surface area (TPSA) is 75.6 Å². The van der Waals surface area contributed by atoms with E-state index in [4.69, 9.17) is 5.79 Å². The van der Waals surface area contributed by atoms with Crippen LogP contribution < -0.4 is 0 Å². The van der Waals surface area contributed by atoms with Crippen molar-refractivity contribution in [2.75, 3.05) is 0 Å². The van der Waals surface area contributed by atoms with Crippen LogP contribution in [0.25, 0.3) is 66.8 Å². The fourth-order valence-corrected chi connectivity index (χ4v) is 7.15. The number of furan rings is 1. The quantitative estimate of drug-likeness (QED) is 0.108. The number of nitriles is 1. The van der Waals surface area contributed by atoms with Crippen LogP contribution in [0.4, 0.5) is 0 Å². The Labute approximate surface area is 405 Å². The standard InChI is InChI=1S/C58H41N4O.Ir/c59-36-49-28-29-51-50-17-10-18-52(57(50)63-58(51)56(49)48-15-8-3-9-16-48)55-32-27-42(39-62-55)21-24-45-34-43(22-19-40-25-30-53(60-37-40)46-11-4-1-5-12-46)33-44(35-45)23-20-41-26-31-54(61-38-41)47-13-6-2-7-14-47;/h1-11,13,15-17,25-35,37-39H,19-24H2;/q-3;+3/i19D2,20D2,21D2,22D2,23D2,24D2,28D;. The molecule has 10 rings (SSSR count). The van der Waals surface area contributed by atoms with Crippen molar-refractivity contribution in [2.45, 2.75) is 38.2 Å². The zero-order valence-electron chi connectivity index (χ0n) is 46.7. The third-order valence-corrected chi connectivity index (χ3v) is 10.2. The third kappa shape index (κ3) is 9.24. The molecule has 6 heteroatoms. The molecule has 0 spiro atoms. The molecule has 0 unspecified atom stereocenters. The first kappa shape index (κ1) is 29.1. The summed E-state index contributed by atoms with van der Waals surface area (Å²) in [4.78, 5) is 13.3. The minimum absolute atomic E-state index is 0. The first-order valence-corrected chi connectivity index (χ1v) is 20.0. The van der Waals surface area contributed by atoms with Gasteiger partial charge in [0.1, 0.15) is 5.58 Å². The molecule has 0 radical (unpaired) electrons. The Balaban J connectivity index is 0.00000722. The smallest absolute Gasteiger partial charge is 0.500 e. The van der Waals surface area contributed by atoms with Gasteiger partial charge < -0.3 is 19.4 Å². The Morgan fingerprint density at radius 3 is 1.50 bits per heavy atom. The SMILES string of the molecule is [2H]c1cc2c(oc3c(-c4ccc(C([2H])([2H])C([2H])([2H])c5cc(C([2H])([2H])C([2H])([2H])c6ccc(-c7[c-]cccc7)nc6)cc(C([2H])([2H])C([2H])([2H])c6ccc(-c7[c-]cccc7)nc6)c5)cn4)[c-]ccc32)c(-c2ccccc2)c1C#N.[Ir+3]. The predicted molar refractivity (Wildman–Crippen MR) is 252 cm³/mol. The third-order valence-electron chi connectivity index (χ3n) is 10.2. The van der Waals surface area contributed by atoms with E-state index in [-0.39, 0.29) is 54.1 Å². The molecule has 10 aromatic rings. The van der Waals surface area contributed by atoms with Crippen LogP contribution in [-0.2, 0) is 58.3 Å². The number of aryl methyl sites for hydroxylation is 6. The minimum atomic E-state index is -3.16. The second-order valence-electron chi connectivity index (χ2n) is 14.4. The normalized spacial score (nSPS) is 15.4. The van der Waals surface area contributed by atoms with Gasteiger partial charge in [-0.2, -0.15) is 5.26 Å². The number of rotatable bonds is 13. The van der Waals surface area contributed by atoms with Crippen LogP contribution in [0, 0.1) is 29.5 Å². The molecule has 0 saturated carbocycles. The molecule has 0 aliphatic carbocycles. The summed E-state index contributed by atoms with van der Waals surface area (Å²) in [5.41, 5.74) is 2.06. The maximum Gasteiger partial charge on any atom is 3.00 e. The molecule has 0 N–H and O–H groups in total. The number of hydrogen-bond acceptors (Lipinski definition) is 5. The van der Waals surface area contributed by atoms with Crippen LogP contribution in [0.1, 0.15) is 56.8 Å². The van der Waals surface area contributed by atoms with E-state index in [1.165, 1.54) is 48.8 Å². The summed E-state index contributed by atoms with van der Waals surface area (Å²) in [5, 5.41) is 11.3. The zero-order valence-corrected chi connectivity index (χ0v) is 36.1. The summed E-state index contributed by atoms with van der Waals surface area (Å²) in [6.07, 6.45) is -14.8. The Hall–Kier alpha value is -7.29. The molecule has 4 heterocycles. The molecule has 6 aromatic carbocycles. The molecule has 308 valence electrons.